The Morgan fingerprint density at radius 1 is 1.30 bits per heavy atom. The van der Waals surface area contributed by atoms with Gasteiger partial charge >= 0.3 is 0 Å². The van der Waals surface area contributed by atoms with Crippen molar-refractivity contribution in [3.63, 3.8) is 0 Å². The smallest absolute Gasteiger partial charge is 0.241 e. The van der Waals surface area contributed by atoms with Crippen molar-refractivity contribution in [1.82, 2.24) is 4.90 Å². The van der Waals surface area contributed by atoms with E-state index >= 15 is 0 Å². The van der Waals surface area contributed by atoms with Crippen molar-refractivity contribution in [3.8, 4) is 0 Å². The summed E-state index contributed by atoms with van der Waals surface area (Å²) >= 11 is 0. The number of fused-ring (bicyclic) bond motifs is 1. The van der Waals surface area contributed by atoms with Gasteiger partial charge in [-0.1, -0.05) is 18.2 Å². The van der Waals surface area contributed by atoms with E-state index in [4.69, 9.17) is 0 Å². The molecule has 1 atom stereocenters. The zero-order valence-electron chi connectivity index (χ0n) is 13.9. The Kier molecular flexibility index (Phi) is 4.01. The van der Waals surface area contributed by atoms with Crippen molar-refractivity contribution in [2.75, 3.05) is 30.3 Å². The molecule has 0 aromatic heterocycles. The van der Waals surface area contributed by atoms with Gasteiger partial charge in [0, 0.05) is 24.8 Å². The fourth-order valence-corrected chi connectivity index (χ4v) is 5.02. The van der Waals surface area contributed by atoms with Gasteiger partial charge in [0.2, 0.25) is 5.91 Å². The zero-order chi connectivity index (χ0) is 16.8. The van der Waals surface area contributed by atoms with Gasteiger partial charge in [0.15, 0.2) is 9.84 Å². The summed E-state index contributed by atoms with van der Waals surface area (Å²) in [5.41, 5.74) is 2.20. The Labute approximate surface area is 138 Å². The molecule has 1 fully saturated rings. The molecule has 2 heterocycles. The molecule has 6 heteroatoms. The third-order valence-corrected chi connectivity index (χ3v) is 7.49. The van der Waals surface area contributed by atoms with Crippen molar-refractivity contribution in [2.45, 2.75) is 38.0 Å². The SMILES string of the molecule is C[C@H]1Cc2ccccc2N1C(=O)CN1CCS(=O)(=O)C(C)(C)C1. The van der Waals surface area contributed by atoms with E-state index < -0.39 is 14.6 Å². The van der Waals surface area contributed by atoms with Gasteiger partial charge in [-0.15, -0.1) is 0 Å². The number of amides is 1. The van der Waals surface area contributed by atoms with E-state index in [2.05, 4.69) is 13.0 Å². The molecule has 5 nitrogen and oxygen atoms in total. The Balaban J connectivity index is 1.74. The highest BCUT2D eigenvalue weighted by molar-refractivity contribution is 7.92. The summed E-state index contributed by atoms with van der Waals surface area (Å²) in [6.07, 6.45) is 0.877. The van der Waals surface area contributed by atoms with Gasteiger partial charge in [0.1, 0.15) is 0 Å². The highest BCUT2D eigenvalue weighted by atomic mass is 32.2. The minimum absolute atomic E-state index is 0.0533. The van der Waals surface area contributed by atoms with Crippen LogP contribution in [0.2, 0.25) is 0 Å². The van der Waals surface area contributed by atoms with Gasteiger partial charge in [-0.3, -0.25) is 9.69 Å². The van der Waals surface area contributed by atoms with Gasteiger partial charge in [-0.25, -0.2) is 8.42 Å². The maximum absolute atomic E-state index is 12.8. The summed E-state index contributed by atoms with van der Waals surface area (Å²) in [7, 11) is -3.07. The quantitative estimate of drug-likeness (QED) is 0.821. The highest BCUT2D eigenvalue weighted by Gasteiger charge is 2.41. The largest absolute Gasteiger partial charge is 0.308 e. The van der Waals surface area contributed by atoms with Gasteiger partial charge in [-0.2, -0.15) is 0 Å². The van der Waals surface area contributed by atoms with Crippen molar-refractivity contribution >= 4 is 21.4 Å². The number of carbonyl (C=O) groups is 1. The lowest BCUT2D eigenvalue weighted by Crippen LogP contribution is -2.55. The minimum Gasteiger partial charge on any atom is -0.308 e. The van der Waals surface area contributed by atoms with Crippen LogP contribution >= 0.6 is 0 Å². The molecule has 1 aromatic rings. The van der Waals surface area contributed by atoms with E-state index in [1.54, 1.807) is 13.8 Å². The number of carbonyl (C=O) groups excluding carboxylic acids is 1. The monoisotopic (exact) mass is 336 g/mol. The molecular weight excluding hydrogens is 312 g/mol. The molecule has 0 N–H and O–H groups in total. The summed E-state index contributed by atoms with van der Waals surface area (Å²) in [6.45, 7) is 6.66. The van der Waals surface area contributed by atoms with Crippen molar-refractivity contribution in [1.29, 1.82) is 0 Å². The second-order valence-corrected chi connectivity index (χ2v) is 9.98. The van der Waals surface area contributed by atoms with E-state index in [0.717, 1.165) is 12.1 Å². The molecule has 23 heavy (non-hydrogen) atoms. The number of para-hydroxylation sites is 1. The van der Waals surface area contributed by atoms with Crippen molar-refractivity contribution in [3.05, 3.63) is 29.8 Å². The summed E-state index contributed by atoms with van der Waals surface area (Å²) in [4.78, 5) is 16.6. The van der Waals surface area contributed by atoms with Crippen LogP contribution in [0.15, 0.2) is 24.3 Å². The molecule has 1 amide bonds. The second kappa shape index (κ2) is 5.60. The maximum atomic E-state index is 12.8. The first-order valence-electron chi connectivity index (χ1n) is 8.06. The first kappa shape index (κ1) is 16.5. The minimum atomic E-state index is -3.07. The van der Waals surface area contributed by atoms with Crippen LogP contribution in [0, 0.1) is 0 Å². The lowest BCUT2D eigenvalue weighted by molar-refractivity contribution is -0.120. The molecule has 1 aromatic carbocycles. The standard InChI is InChI=1S/C17H24N2O3S/c1-13-10-14-6-4-5-7-15(14)19(13)16(20)11-18-8-9-23(21,22)17(2,3)12-18/h4-7,13H,8-12H2,1-3H3/t13-/m0/s1. The van der Waals surface area contributed by atoms with Crippen LogP contribution in [0.25, 0.3) is 0 Å². The molecule has 126 valence electrons. The molecule has 0 saturated carbocycles. The maximum Gasteiger partial charge on any atom is 0.241 e. The van der Waals surface area contributed by atoms with Gasteiger partial charge < -0.3 is 4.90 Å². The number of benzene rings is 1. The number of nitrogens with zero attached hydrogens (tertiary/aromatic N) is 2. The molecule has 0 unspecified atom stereocenters. The average Bonchev–Trinajstić information content (AvgIpc) is 2.78. The van der Waals surface area contributed by atoms with E-state index in [-0.39, 0.29) is 24.2 Å². The highest BCUT2D eigenvalue weighted by Crippen LogP contribution is 2.32. The topological polar surface area (TPSA) is 57.7 Å². The molecule has 0 radical (unpaired) electrons. The van der Waals surface area contributed by atoms with Crippen LogP contribution in [-0.4, -0.2) is 55.4 Å². The molecule has 0 aliphatic carbocycles. The Morgan fingerprint density at radius 2 is 2.00 bits per heavy atom. The zero-order valence-corrected chi connectivity index (χ0v) is 14.8. The lowest BCUT2D eigenvalue weighted by atomic mass is 10.1. The molecule has 2 aliphatic heterocycles. The predicted molar refractivity (Wildman–Crippen MR) is 91.4 cm³/mol. The van der Waals surface area contributed by atoms with Gasteiger partial charge in [0.05, 0.1) is 17.0 Å². The van der Waals surface area contributed by atoms with Crippen LogP contribution in [0.1, 0.15) is 26.3 Å². The Bertz CT molecular complexity index is 727. The average molecular weight is 336 g/mol. The van der Waals surface area contributed by atoms with Crippen LogP contribution in [0.3, 0.4) is 0 Å². The van der Waals surface area contributed by atoms with Gasteiger partial charge in [0.25, 0.3) is 0 Å². The number of hydrogen-bond acceptors (Lipinski definition) is 4. The van der Waals surface area contributed by atoms with Crippen molar-refractivity contribution < 1.29 is 13.2 Å². The second-order valence-electron chi connectivity index (χ2n) is 7.23. The molecular formula is C17H24N2O3S. The summed E-state index contributed by atoms with van der Waals surface area (Å²) < 4.78 is 23.4. The van der Waals surface area contributed by atoms with Crippen molar-refractivity contribution in [2.24, 2.45) is 0 Å². The summed E-state index contributed by atoms with van der Waals surface area (Å²) in [5, 5.41) is 0. The van der Waals surface area contributed by atoms with E-state index in [0.29, 0.717) is 13.1 Å². The van der Waals surface area contributed by atoms with Crippen LogP contribution < -0.4 is 4.90 Å². The van der Waals surface area contributed by atoms with Gasteiger partial charge in [-0.05, 0) is 38.8 Å². The number of rotatable bonds is 2. The Hall–Kier alpha value is -1.40. The molecule has 1 saturated heterocycles. The van der Waals surface area contributed by atoms with E-state index in [1.165, 1.54) is 5.56 Å². The third-order valence-electron chi connectivity index (χ3n) is 4.96. The fraction of sp³-hybridized carbons (Fsp3) is 0.588. The molecule has 0 bridgehead atoms. The third kappa shape index (κ3) is 2.90. The number of anilines is 1. The molecule has 3 rings (SSSR count). The first-order chi connectivity index (χ1) is 10.7. The van der Waals surface area contributed by atoms with Crippen LogP contribution in [-0.2, 0) is 21.1 Å². The lowest BCUT2D eigenvalue weighted by Gasteiger charge is -2.38. The summed E-state index contributed by atoms with van der Waals surface area (Å²) in [6, 6.07) is 8.16. The first-order valence-corrected chi connectivity index (χ1v) is 9.71. The van der Waals surface area contributed by atoms with E-state index in [9.17, 15) is 13.2 Å². The Morgan fingerprint density at radius 3 is 2.70 bits per heavy atom. The molecule has 2 aliphatic rings. The van der Waals surface area contributed by atoms with E-state index in [1.807, 2.05) is 28.0 Å². The number of sulfone groups is 1. The summed E-state index contributed by atoms with van der Waals surface area (Å²) in [5.74, 6) is 0.178. The normalized spacial score (nSPS) is 26.0. The van der Waals surface area contributed by atoms with Crippen LogP contribution in [0.5, 0.6) is 0 Å². The fourth-order valence-electron chi connectivity index (χ4n) is 3.59. The van der Waals surface area contributed by atoms with Crippen LogP contribution in [0.4, 0.5) is 5.69 Å². The number of hydrogen-bond donors (Lipinski definition) is 0. The molecule has 0 spiro atoms. The predicted octanol–water partition coefficient (Wildman–Crippen LogP) is 1.47.